The number of hydrogen-bond donors (Lipinski definition) is 1. The molecular weight excluding hydrogens is 439 g/mol. The van der Waals surface area contributed by atoms with Gasteiger partial charge in [-0.2, -0.15) is 11.3 Å². The lowest BCUT2D eigenvalue weighted by atomic mass is 10.2. The number of rotatable bonds is 6. The average molecular weight is 451 g/mol. The maximum atomic E-state index is 12.2. The van der Waals surface area contributed by atoms with E-state index in [1.165, 1.54) is 11.3 Å². The molecule has 0 saturated heterocycles. The molecule has 0 aliphatic rings. The van der Waals surface area contributed by atoms with Crippen LogP contribution >= 0.6 is 45.9 Å². The second-order valence-corrected chi connectivity index (χ2v) is 8.20. The molecule has 0 spiro atoms. The molecule has 142 valence electrons. The van der Waals surface area contributed by atoms with Crippen LogP contribution in [-0.4, -0.2) is 21.1 Å². The van der Waals surface area contributed by atoms with Crippen LogP contribution in [0.3, 0.4) is 0 Å². The minimum Gasteiger partial charge on any atom is -0.421 e. The molecule has 0 saturated carbocycles. The van der Waals surface area contributed by atoms with Crippen LogP contribution in [0.1, 0.15) is 12.3 Å². The summed E-state index contributed by atoms with van der Waals surface area (Å²) in [6.45, 7) is 0. The van der Waals surface area contributed by atoms with E-state index in [-0.39, 0.29) is 12.3 Å². The number of carbonyl (C=O) groups is 1. The first-order valence-corrected chi connectivity index (χ1v) is 10.7. The number of thiophene rings is 1. The molecular formula is C18H12Cl2N4O2S2. The first kappa shape index (κ1) is 19.1. The summed E-state index contributed by atoms with van der Waals surface area (Å²) in [7, 11) is 0. The van der Waals surface area contributed by atoms with E-state index < -0.39 is 0 Å². The lowest BCUT2D eigenvalue weighted by Crippen LogP contribution is -2.12. The lowest BCUT2D eigenvalue weighted by Gasteiger charge is -2.02. The smallest absolute Gasteiger partial charge is 0.248 e. The Labute approximate surface area is 178 Å². The Morgan fingerprint density at radius 2 is 2.07 bits per heavy atom. The van der Waals surface area contributed by atoms with Crippen molar-refractivity contribution in [3.63, 3.8) is 0 Å². The SMILES string of the molecule is O=C(CCc1nnc(-c2ccsc2)o1)Nc1nc(-c2cc(Cl)ccc2Cl)cs1. The van der Waals surface area contributed by atoms with E-state index in [9.17, 15) is 4.79 Å². The summed E-state index contributed by atoms with van der Waals surface area (Å²) >= 11 is 15.1. The molecule has 0 unspecified atom stereocenters. The summed E-state index contributed by atoms with van der Waals surface area (Å²) in [5.74, 6) is 0.690. The highest BCUT2D eigenvalue weighted by atomic mass is 35.5. The largest absolute Gasteiger partial charge is 0.421 e. The molecule has 4 aromatic rings. The number of halogens is 2. The van der Waals surface area contributed by atoms with Gasteiger partial charge in [0.1, 0.15) is 0 Å². The summed E-state index contributed by atoms with van der Waals surface area (Å²) in [5.41, 5.74) is 2.26. The molecule has 0 aliphatic carbocycles. The van der Waals surface area contributed by atoms with Crippen molar-refractivity contribution in [1.82, 2.24) is 15.2 Å². The molecule has 0 aliphatic heterocycles. The number of aryl methyl sites for hydroxylation is 1. The summed E-state index contributed by atoms with van der Waals surface area (Å²) < 4.78 is 5.58. The predicted molar refractivity (Wildman–Crippen MR) is 112 cm³/mol. The topological polar surface area (TPSA) is 80.9 Å². The van der Waals surface area contributed by atoms with Gasteiger partial charge in [-0.15, -0.1) is 21.5 Å². The Kier molecular flexibility index (Phi) is 5.72. The maximum Gasteiger partial charge on any atom is 0.248 e. The van der Waals surface area contributed by atoms with Crippen molar-refractivity contribution < 1.29 is 9.21 Å². The Bertz CT molecular complexity index is 1110. The van der Waals surface area contributed by atoms with Crippen molar-refractivity contribution in [1.29, 1.82) is 0 Å². The number of aromatic nitrogens is 3. The van der Waals surface area contributed by atoms with Crippen LogP contribution in [0.25, 0.3) is 22.7 Å². The number of nitrogens with zero attached hydrogens (tertiary/aromatic N) is 3. The zero-order valence-electron chi connectivity index (χ0n) is 14.2. The highest BCUT2D eigenvalue weighted by Crippen LogP contribution is 2.32. The van der Waals surface area contributed by atoms with Gasteiger partial charge in [-0.3, -0.25) is 4.79 Å². The van der Waals surface area contributed by atoms with Gasteiger partial charge in [-0.25, -0.2) is 4.98 Å². The van der Waals surface area contributed by atoms with Gasteiger partial charge < -0.3 is 9.73 Å². The Morgan fingerprint density at radius 3 is 2.89 bits per heavy atom. The van der Waals surface area contributed by atoms with Gasteiger partial charge in [0, 0.05) is 39.8 Å². The van der Waals surface area contributed by atoms with E-state index in [4.69, 9.17) is 27.6 Å². The number of benzene rings is 1. The van der Waals surface area contributed by atoms with Crippen molar-refractivity contribution >= 4 is 56.9 Å². The summed E-state index contributed by atoms with van der Waals surface area (Å²) in [6, 6.07) is 7.07. The van der Waals surface area contributed by atoms with Crippen molar-refractivity contribution in [2.45, 2.75) is 12.8 Å². The maximum absolute atomic E-state index is 12.2. The van der Waals surface area contributed by atoms with E-state index >= 15 is 0 Å². The molecule has 1 N–H and O–H groups in total. The molecule has 1 aromatic carbocycles. The van der Waals surface area contributed by atoms with Crippen LogP contribution in [0.5, 0.6) is 0 Å². The molecule has 4 rings (SSSR count). The number of thiazole rings is 1. The van der Waals surface area contributed by atoms with Crippen LogP contribution in [0.2, 0.25) is 10.0 Å². The molecule has 28 heavy (non-hydrogen) atoms. The van der Waals surface area contributed by atoms with Crippen molar-refractivity contribution in [2.24, 2.45) is 0 Å². The lowest BCUT2D eigenvalue weighted by molar-refractivity contribution is -0.116. The first-order valence-electron chi connectivity index (χ1n) is 8.14. The average Bonchev–Trinajstić information content (AvgIpc) is 3.43. The first-order chi connectivity index (χ1) is 13.6. The van der Waals surface area contributed by atoms with Crippen molar-refractivity contribution in [3.8, 4) is 22.7 Å². The Hall–Kier alpha value is -2.26. The predicted octanol–water partition coefficient (Wildman–Crippen LogP) is 5.80. The third-order valence-electron chi connectivity index (χ3n) is 3.76. The van der Waals surface area contributed by atoms with E-state index in [1.807, 2.05) is 22.2 Å². The fraction of sp³-hybridized carbons (Fsp3) is 0.111. The van der Waals surface area contributed by atoms with E-state index in [0.717, 1.165) is 11.1 Å². The fourth-order valence-electron chi connectivity index (χ4n) is 2.41. The van der Waals surface area contributed by atoms with Gasteiger partial charge in [0.15, 0.2) is 5.13 Å². The number of amides is 1. The summed E-state index contributed by atoms with van der Waals surface area (Å²) in [5, 5.41) is 18.0. The van der Waals surface area contributed by atoms with Crippen LogP contribution in [0, 0.1) is 0 Å². The molecule has 1 amide bonds. The van der Waals surface area contributed by atoms with E-state index in [0.29, 0.717) is 39.1 Å². The minimum absolute atomic E-state index is 0.187. The van der Waals surface area contributed by atoms with Crippen LogP contribution in [0.15, 0.2) is 44.8 Å². The Morgan fingerprint density at radius 1 is 1.18 bits per heavy atom. The third-order valence-corrected chi connectivity index (χ3v) is 5.76. The van der Waals surface area contributed by atoms with Gasteiger partial charge >= 0.3 is 0 Å². The van der Waals surface area contributed by atoms with Crippen molar-refractivity contribution in [2.75, 3.05) is 5.32 Å². The highest BCUT2D eigenvalue weighted by molar-refractivity contribution is 7.14. The van der Waals surface area contributed by atoms with Gasteiger partial charge in [-0.05, 0) is 29.6 Å². The highest BCUT2D eigenvalue weighted by Gasteiger charge is 2.13. The molecule has 6 nitrogen and oxygen atoms in total. The third kappa shape index (κ3) is 4.41. The minimum atomic E-state index is -0.187. The number of anilines is 1. The van der Waals surface area contributed by atoms with Crippen LogP contribution in [0.4, 0.5) is 5.13 Å². The van der Waals surface area contributed by atoms with Crippen LogP contribution in [-0.2, 0) is 11.2 Å². The summed E-state index contributed by atoms with van der Waals surface area (Å²) in [6.07, 6.45) is 0.555. The number of carbonyl (C=O) groups excluding carboxylic acids is 1. The van der Waals surface area contributed by atoms with Gasteiger partial charge in [0.2, 0.25) is 17.7 Å². The normalized spacial score (nSPS) is 10.9. The summed E-state index contributed by atoms with van der Waals surface area (Å²) in [4.78, 5) is 16.6. The van der Waals surface area contributed by atoms with Gasteiger partial charge in [0.05, 0.1) is 10.7 Å². The molecule has 3 heterocycles. The second-order valence-electron chi connectivity index (χ2n) is 5.72. The molecule has 3 aromatic heterocycles. The fourth-order valence-corrected chi connectivity index (χ4v) is 4.15. The Balaban J connectivity index is 1.36. The second kappa shape index (κ2) is 8.40. The van der Waals surface area contributed by atoms with E-state index in [1.54, 1.807) is 29.5 Å². The van der Waals surface area contributed by atoms with Gasteiger partial charge in [0.25, 0.3) is 0 Å². The van der Waals surface area contributed by atoms with Crippen LogP contribution < -0.4 is 5.32 Å². The van der Waals surface area contributed by atoms with Crippen molar-refractivity contribution in [3.05, 3.63) is 56.3 Å². The number of nitrogens with one attached hydrogen (secondary N) is 1. The molecule has 10 heteroatoms. The zero-order chi connectivity index (χ0) is 19.5. The zero-order valence-corrected chi connectivity index (χ0v) is 17.3. The van der Waals surface area contributed by atoms with Gasteiger partial charge in [-0.1, -0.05) is 23.2 Å². The molecule has 0 bridgehead atoms. The molecule has 0 atom stereocenters. The van der Waals surface area contributed by atoms with E-state index in [2.05, 4.69) is 20.5 Å². The quantitative estimate of drug-likeness (QED) is 0.401. The molecule has 0 fully saturated rings. The molecule has 0 radical (unpaired) electrons. The standard InChI is InChI=1S/C18H12Cl2N4O2S2/c19-11-1-2-13(20)12(7-11)14-9-28-18(21-14)22-15(25)3-4-16-23-24-17(26-16)10-5-6-27-8-10/h1-2,5-9H,3-4H2,(H,21,22,25). The monoisotopic (exact) mass is 450 g/mol. The number of hydrogen-bond acceptors (Lipinski definition) is 7.